The van der Waals surface area contributed by atoms with Crippen LogP contribution in [0, 0.1) is 0 Å². The lowest BCUT2D eigenvalue weighted by Crippen LogP contribution is -2.27. The highest BCUT2D eigenvalue weighted by atomic mass is 16.5. The van der Waals surface area contributed by atoms with E-state index < -0.39 is 0 Å². The molecule has 0 radical (unpaired) electrons. The third-order valence-electron chi connectivity index (χ3n) is 5.89. The average molecular weight is 362 g/mol. The minimum atomic E-state index is -0.0655. The summed E-state index contributed by atoms with van der Waals surface area (Å²) in [4.78, 5) is 19.2. The number of benzene rings is 1. The number of nitrogens with zero attached hydrogens (tertiary/aromatic N) is 4. The lowest BCUT2D eigenvalue weighted by molar-refractivity contribution is 0.243. The second-order valence-corrected chi connectivity index (χ2v) is 7.43. The van der Waals surface area contributed by atoms with Crippen molar-refractivity contribution in [3.63, 3.8) is 0 Å². The largest absolute Gasteiger partial charge is 0.337 e. The fraction of sp³-hybridized carbons (Fsp3) is 0.381. The van der Waals surface area contributed by atoms with Gasteiger partial charge in [0.15, 0.2) is 5.82 Å². The van der Waals surface area contributed by atoms with Crippen molar-refractivity contribution in [2.45, 2.75) is 43.8 Å². The van der Waals surface area contributed by atoms with Gasteiger partial charge in [0.1, 0.15) is 6.54 Å². The van der Waals surface area contributed by atoms with Crippen molar-refractivity contribution in [3.8, 4) is 0 Å². The molecule has 2 aliphatic heterocycles. The highest BCUT2D eigenvalue weighted by Gasteiger charge is 2.46. The fourth-order valence-electron chi connectivity index (χ4n) is 4.67. The molecule has 4 heterocycles. The molecule has 0 N–H and O–H groups in total. The summed E-state index contributed by atoms with van der Waals surface area (Å²) < 4.78 is 7.07. The van der Waals surface area contributed by atoms with Gasteiger partial charge >= 0.3 is 0 Å². The summed E-state index contributed by atoms with van der Waals surface area (Å²) in [6.07, 6.45) is 5.15. The molecule has 2 saturated heterocycles. The van der Waals surface area contributed by atoms with E-state index >= 15 is 0 Å². The Morgan fingerprint density at radius 2 is 1.96 bits per heavy atom. The summed E-state index contributed by atoms with van der Waals surface area (Å²) in [7, 11) is 0. The Labute approximate surface area is 157 Å². The molecular formula is C21H22N4O2. The van der Waals surface area contributed by atoms with Gasteiger partial charge in [-0.25, -0.2) is 0 Å². The van der Waals surface area contributed by atoms with Crippen LogP contribution < -0.4 is 5.56 Å². The van der Waals surface area contributed by atoms with Crippen LogP contribution in [0.5, 0.6) is 0 Å². The van der Waals surface area contributed by atoms with Crippen LogP contribution in [0.4, 0.5) is 0 Å². The highest BCUT2D eigenvalue weighted by Crippen LogP contribution is 2.48. The standard InChI is InChI=1S/C21H22N4O2/c26-20-10-4-5-11-24(20)14-19-22-21(23-27-19)16-13-18(15-7-2-1-3-8-15)25-12-6-9-17(16)25/h1-5,7-8,10-11,16-18H,6,9,12-14H2/t16-,17+,18-/m1/s1. The minimum Gasteiger partial charge on any atom is -0.337 e. The molecule has 138 valence electrons. The van der Waals surface area contributed by atoms with Crippen molar-refractivity contribution in [3.05, 3.63) is 82.4 Å². The lowest BCUT2D eigenvalue weighted by atomic mass is 9.94. The van der Waals surface area contributed by atoms with Gasteiger partial charge in [-0.1, -0.05) is 41.6 Å². The van der Waals surface area contributed by atoms with Crippen molar-refractivity contribution in [2.75, 3.05) is 6.54 Å². The van der Waals surface area contributed by atoms with E-state index in [1.807, 2.05) is 6.07 Å². The zero-order valence-electron chi connectivity index (χ0n) is 15.1. The number of aromatic nitrogens is 3. The molecule has 6 heteroatoms. The molecule has 0 unspecified atom stereocenters. The fourth-order valence-corrected chi connectivity index (χ4v) is 4.67. The number of hydrogen-bond acceptors (Lipinski definition) is 5. The molecule has 0 bridgehead atoms. The van der Waals surface area contributed by atoms with Crippen LogP contribution >= 0.6 is 0 Å². The first-order chi connectivity index (χ1) is 13.3. The third-order valence-corrected chi connectivity index (χ3v) is 5.89. The van der Waals surface area contributed by atoms with E-state index in [9.17, 15) is 4.79 Å². The SMILES string of the molecule is O=c1ccccn1Cc1nc([C@@H]2C[C@H](c3ccccc3)N3CCC[C@@H]23)no1. The Morgan fingerprint density at radius 1 is 1.11 bits per heavy atom. The van der Waals surface area contributed by atoms with Crippen LogP contribution in [0.15, 0.2) is 64.0 Å². The molecular weight excluding hydrogens is 340 g/mol. The Kier molecular flexibility index (Phi) is 4.13. The number of rotatable bonds is 4. The monoisotopic (exact) mass is 362 g/mol. The van der Waals surface area contributed by atoms with E-state index in [-0.39, 0.29) is 11.5 Å². The maximum absolute atomic E-state index is 11.9. The summed E-state index contributed by atoms with van der Waals surface area (Å²) in [6, 6.07) is 16.7. The molecule has 2 aromatic heterocycles. The molecule has 2 fully saturated rings. The molecule has 6 nitrogen and oxygen atoms in total. The molecule has 1 aromatic carbocycles. The normalized spacial score (nSPS) is 25.0. The van der Waals surface area contributed by atoms with E-state index in [0.29, 0.717) is 24.5 Å². The summed E-state index contributed by atoms with van der Waals surface area (Å²) in [6.45, 7) is 1.45. The van der Waals surface area contributed by atoms with Gasteiger partial charge in [-0.2, -0.15) is 4.98 Å². The van der Waals surface area contributed by atoms with Crippen molar-refractivity contribution >= 4 is 0 Å². The summed E-state index contributed by atoms with van der Waals surface area (Å²) >= 11 is 0. The van der Waals surface area contributed by atoms with Crippen molar-refractivity contribution in [2.24, 2.45) is 0 Å². The summed E-state index contributed by atoms with van der Waals surface area (Å²) in [5, 5.41) is 4.28. The van der Waals surface area contributed by atoms with Crippen molar-refractivity contribution in [1.29, 1.82) is 0 Å². The van der Waals surface area contributed by atoms with Gasteiger partial charge in [0, 0.05) is 30.3 Å². The van der Waals surface area contributed by atoms with E-state index in [2.05, 4.69) is 45.4 Å². The molecule has 0 spiro atoms. The van der Waals surface area contributed by atoms with E-state index in [1.165, 1.54) is 24.5 Å². The molecule has 3 aromatic rings. The van der Waals surface area contributed by atoms with Crippen LogP contribution in [0.3, 0.4) is 0 Å². The number of hydrogen-bond donors (Lipinski definition) is 0. The Hall–Kier alpha value is -2.73. The first-order valence-electron chi connectivity index (χ1n) is 9.58. The smallest absolute Gasteiger partial charge is 0.250 e. The average Bonchev–Trinajstić information content (AvgIpc) is 3.41. The summed E-state index contributed by atoms with van der Waals surface area (Å²) in [5.74, 6) is 1.55. The molecule has 27 heavy (non-hydrogen) atoms. The number of fused-ring (bicyclic) bond motifs is 1. The minimum absolute atomic E-state index is 0.0655. The van der Waals surface area contributed by atoms with E-state index in [1.54, 1.807) is 16.8 Å². The predicted octanol–water partition coefficient (Wildman–Crippen LogP) is 2.97. The van der Waals surface area contributed by atoms with Gasteiger partial charge in [0.05, 0.1) is 0 Å². The van der Waals surface area contributed by atoms with Crippen LogP contribution in [-0.4, -0.2) is 32.2 Å². The van der Waals surface area contributed by atoms with E-state index in [4.69, 9.17) is 4.52 Å². The van der Waals surface area contributed by atoms with Crippen molar-refractivity contribution < 1.29 is 4.52 Å². The summed E-state index contributed by atoms with van der Waals surface area (Å²) in [5.41, 5.74) is 1.30. The van der Waals surface area contributed by atoms with Crippen LogP contribution in [0.1, 0.15) is 48.5 Å². The van der Waals surface area contributed by atoms with Crippen LogP contribution in [-0.2, 0) is 6.54 Å². The molecule has 0 saturated carbocycles. The van der Waals surface area contributed by atoms with Gasteiger partial charge in [-0.15, -0.1) is 0 Å². The van der Waals surface area contributed by atoms with Gasteiger partial charge in [-0.3, -0.25) is 9.69 Å². The van der Waals surface area contributed by atoms with Crippen molar-refractivity contribution in [1.82, 2.24) is 19.6 Å². The molecule has 3 atom stereocenters. The predicted molar refractivity (Wildman–Crippen MR) is 100 cm³/mol. The second kappa shape index (κ2) is 6.78. The van der Waals surface area contributed by atoms with Gasteiger partial charge in [0.25, 0.3) is 5.56 Å². The molecule has 2 aliphatic rings. The first kappa shape index (κ1) is 16.4. The zero-order chi connectivity index (χ0) is 18.2. The lowest BCUT2D eigenvalue weighted by Gasteiger charge is -2.24. The van der Waals surface area contributed by atoms with Crippen LogP contribution in [0.2, 0.25) is 0 Å². The third kappa shape index (κ3) is 3.00. The highest BCUT2D eigenvalue weighted by molar-refractivity contribution is 5.24. The molecule has 5 rings (SSSR count). The Morgan fingerprint density at radius 3 is 2.81 bits per heavy atom. The Balaban J connectivity index is 1.39. The second-order valence-electron chi connectivity index (χ2n) is 7.43. The molecule has 0 aliphatic carbocycles. The van der Waals surface area contributed by atoms with E-state index in [0.717, 1.165) is 18.8 Å². The first-order valence-corrected chi connectivity index (χ1v) is 9.58. The van der Waals surface area contributed by atoms with Gasteiger partial charge in [-0.05, 0) is 37.4 Å². The number of pyridine rings is 1. The zero-order valence-corrected chi connectivity index (χ0v) is 15.1. The quantitative estimate of drug-likeness (QED) is 0.714. The van der Waals surface area contributed by atoms with Gasteiger partial charge < -0.3 is 9.09 Å². The molecule has 0 amide bonds. The van der Waals surface area contributed by atoms with Crippen LogP contribution in [0.25, 0.3) is 0 Å². The topological polar surface area (TPSA) is 64.2 Å². The maximum Gasteiger partial charge on any atom is 0.250 e. The Bertz CT molecular complexity index is 981. The maximum atomic E-state index is 11.9. The van der Waals surface area contributed by atoms with Gasteiger partial charge in [0.2, 0.25) is 5.89 Å².